The van der Waals surface area contributed by atoms with E-state index < -0.39 is 0 Å². The van der Waals surface area contributed by atoms with Crippen LogP contribution in [0.2, 0.25) is 0 Å². The predicted molar refractivity (Wildman–Crippen MR) is 86.0 cm³/mol. The maximum absolute atomic E-state index is 4.58. The summed E-state index contributed by atoms with van der Waals surface area (Å²) in [6.07, 6.45) is 3.84. The van der Waals surface area contributed by atoms with Crippen molar-refractivity contribution in [1.82, 2.24) is 4.98 Å². The molecule has 0 aliphatic carbocycles. The van der Waals surface area contributed by atoms with Gasteiger partial charge in [-0.1, -0.05) is 48.5 Å². The van der Waals surface area contributed by atoms with Crippen molar-refractivity contribution in [1.29, 1.82) is 0 Å². The van der Waals surface area contributed by atoms with Crippen LogP contribution in [0.3, 0.4) is 0 Å². The molecule has 0 bridgehead atoms. The lowest BCUT2D eigenvalue weighted by Crippen LogP contribution is -2.00. The van der Waals surface area contributed by atoms with Crippen LogP contribution < -0.4 is 0 Å². The highest BCUT2D eigenvalue weighted by Gasteiger charge is 2.16. The second-order valence-electron chi connectivity index (χ2n) is 4.54. The van der Waals surface area contributed by atoms with Gasteiger partial charge in [0, 0.05) is 12.1 Å². The molecule has 0 saturated carbocycles. The van der Waals surface area contributed by atoms with Crippen molar-refractivity contribution < 1.29 is 0 Å². The van der Waals surface area contributed by atoms with Crippen molar-refractivity contribution in [2.24, 2.45) is 0 Å². The van der Waals surface area contributed by atoms with Crippen LogP contribution in [0.4, 0.5) is 0 Å². The highest BCUT2D eigenvalue weighted by Crippen LogP contribution is 2.34. The summed E-state index contributed by atoms with van der Waals surface area (Å²) >= 11 is 1.72. The summed E-state index contributed by atoms with van der Waals surface area (Å²) in [4.78, 5) is 5.78. The van der Waals surface area contributed by atoms with Gasteiger partial charge in [-0.2, -0.15) is 0 Å². The normalized spacial score (nSPS) is 12.0. The summed E-state index contributed by atoms with van der Waals surface area (Å²) in [6.45, 7) is 4.01. The lowest BCUT2D eigenvalue weighted by molar-refractivity contribution is 1.02. The van der Waals surface area contributed by atoms with Crippen LogP contribution in [0.1, 0.15) is 17.0 Å². The average molecular weight is 277 g/mol. The maximum Gasteiger partial charge on any atom is 0.0842 e. The molecule has 1 nitrogen and oxygen atoms in total. The highest BCUT2D eigenvalue weighted by molar-refractivity contribution is 7.13. The molecular formula is C18H15NS. The number of hydrogen-bond acceptors (Lipinski definition) is 2. The second kappa shape index (κ2) is 5.85. The molecule has 0 saturated heterocycles. The van der Waals surface area contributed by atoms with Crippen molar-refractivity contribution in [2.75, 3.05) is 0 Å². The third-order valence-electron chi connectivity index (χ3n) is 3.32. The van der Waals surface area contributed by atoms with Crippen molar-refractivity contribution in [3.05, 3.63) is 90.0 Å². The van der Waals surface area contributed by atoms with E-state index >= 15 is 0 Å². The van der Waals surface area contributed by atoms with Gasteiger partial charge >= 0.3 is 0 Å². The second-order valence-corrected chi connectivity index (χ2v) is 5.49. The highest BCUT2D eigenvalue weighted by atomic mass is 32.1. The van der Waals surface area contributed by atoms with Crippen molar-refractivity contribution >= 4 is 11.3 Å². The van der Waals surface area contributed by atoms with E-state index in [1.54, 1.807) is 11.3 Å². The number of benzene rings is 1. The molecule has 3 aromatic rings. The SMILES string of the molecule is C=CC(c1ccccc1)c1cccnc1-c1cccs1. The summed E-state index contributed by atoms with van der Waals surface area (Å²) in [6, 6.07) is 18.7. The summed E-state index contributed by atoms with van der Waals surface area (Å²) in [5.74, 6) is 0.169. The van der Waals surface area contributed by atoms with Crippen molar-refractivity contribution in [2.45, 2.75) is 5.92 Å². The first-order chi connectivity index (χ1) is 9.90. The van der Waals surface area contributed by atoms with Gasteiger partial charge in [0.1, 0.15) is 0 Å². The molecule has 0 amide bonds. The van der Waals surface area contributed by atoms with Crippen LogP contribution in [0.5, 0.6) is 0 Å². The Labute approximate surface area is 123 Å². The minimum atomic E-state index is 0.169. The fraction of sp³-hybridized carbons (Fsp3) is 0.0556. The summed E-state index contributed by atoms with van der Waals surface area (Å²) in [5.41, 5.74) is 3.50. The molecule has 1 unspecified atom stereocenters. The van der Waals surface area contributed by atoms with E-state index in [1.807, 2.05) is 24.4 Å². The van der Waals surface area contributed by atoms with Gasteiger partial charge in [-0.3, -0.25) is 4.98 Å². The molecule has 1 aromatic carbocycles. The van der Waals surface area contributed by atoms with Crippen LogP contribution in [0.15, 0.2) is 78.8 Å². The van der Waals surface area contributed by atoms with Crippen LogP contribution in [0, 0.1) is 0 Å². The Bertz CT molecular complexity index is 686. The Kier molecular flexibility index (Phi) is 3.75. The average Bonchev–Trinajstić information content (AvgIpc) is 3.04. The fourth-order valence-corrected chi connectivity index (χ4v) is 3.13. The zero-order valence-electron chi connectivity index (χ0n) is 11.1. The van der Waals surface area contributed by atoms with Gasteiger partial charge in [0.15, 0.2) is 0 Å². The molecule has 2 aromatic heterocycles. The molecule has 0 aliphatic rings. The number of hydrogen-bond donors (Lipinski definition) is 0. The summed E-state index contributed by atoms with van der Waals surface area (Å²) in [5, 5.41) is 2.08. The van der Waals surface area contributed by atoms with E-state index in [1.165, 1.54) is 16.0 Å². The van der Waals surface area contributed by atoms with Gasteiger partial charge in [0.05, 0.1) is 10.6 Å². The van der Waals surface area contributed by atoms with E-state index in [4.69, 9.17) is 0 Å². The topological polar surface area (TPSA) is 12.9 Å². The van der Waals surface area contributed by atoms with Crippen LogP contribution in [-0.2, 0) is 0 Å². The first kappa shape index (κ1) is 12.8. The predicted octanol–water partition coefficient (Wildman–Crippen LogP) is 5.13. The molecule has 3 rings (SSSR count). The van der Waals surface area contributed by atoms with Gasteiger partial charge in [-0.05, 0) is 28.6 Å². The summed E-state index contributed by atoms with van der Waals surface area (Å²) in [7, 11) is 0. The zero-order valence-corrected chi connectivity index (χ0v) is 11.9. The molecule has 0 radical (unpaired) electrons. The molecule has 0 N–H and O–H groups in total. The lowest BCUT2D eigenvalue weighted by atomic mass is 9.90. The Morgan fingerprint density at radius 2 is 1.85 bits per heavy atom. The van der Waals surface area contributed by atoms with Crippen LogP contribution in [-0.4, -0.2) is 4.98 Å². The van der Waals surface area contributed by atoms with Gasteiger partial charge in [0.25, 0.3) is 0 Å². The smallest absolute Gasteiger partial charge is 0.0842 e. The van der Waals surface area contributed by atoms with E-state index in [-0.39, 0.29) is 5.92 Å². The van der Waals surface area contributed by atoms with E-state index in [2.05, 4.69) is 59.4 Å². The van der Waals surface area contributed by atoms with Crippen molar-refractivity contribution in [3.8, 4) is 10.6 Å². The van der Waals surface area contributed by atoms with Crippen molar-refractivity contribution in [3.63, 3.8) is 0 Å². The quantitative estimate of drug-likeness (QED) is 0.603. The third kappa shape index (κ3) is 2.43. The number of allylic oxidation sites excluding steroid dienone is 1. The minimum absolute atomic E-state index is 0.169. The van der Waals surface area contributed by atoms with Gasteiger partial charge in [-0.25, -0.2) is 0 Å². The number of pyridine rings is 1. The Morgan fingerprint density at radius 1 is 1.00 bits per heavy atom. The van der Waals surface area contributed by atoms with Gasteiger partial charge in [0.2, 0.25) is 0 Å². The number of nitrogens with zero attached hydrogens (tertiary/aromatic N) is 1. The van der Waals surface area contributed by atoms with E-state index in [0.29, 0.717) is 0 Å². The molecule has 2 heteroatoms. The lowest BCUT2D eigenvalue weighted by Gasteiger charge is -2.16. The monoisotopic (exact) mass is 277 g/mol. The summed E-state index contributed by atoms with van der Waals surface area (Å²) < 4.78 is 0. The van der Waals surface area contributed by atoms with Gasteiger partial charge < -0.3 is 0 Å². The molecule has 0 spiro atoms. The molecule has 1 atom stereocenters. The minimum Gasteiger partial charge on any atom is -0.255 e. The Morgan fingerprint density at radius 3 is 2.55 bits per heavy atom. The molecule has 98 valence electrons. The van der Waals surface area contributed by atoms with Crippen LogP contribution >= 0.6 is 11.3 Å². The van der Waals surface area contributed by atoms with Crippen LogP contribution in [0.25, 0.3) is 10.6 Å². The van der Waals surface area contributed by atoms with E-state index in [0.717, 1.165) is 5.69 Å². The zero-order chi connectivity index (χ0) is 13.8. The first-order valence-corrected chi connectivity index (χ1v) is 7.44. The first-order valence-electron chi connectivity index (χ1n) is 6.56. The fourth-order valence-electron chi connectivity index (χ4n) is 2.39. The number of thiophene rings is 1. The standard InChI is InChI=1S/C18H15NS/c1-2-15(14-8-4-3-5-9-14)16-10-6-12-19-18(16)17-11-7-13-20-17/h2-13,15H,1H2. The molecule has 2 heterocycles. The maximum atomic E-state index is 4.58. The molecular weight excluding hydrogens is 262 g/mol. The van der Waals surface area contributed by atoms with E-state index in [9.17, 15) is 0 Å². The molecule has 0 aliphatic heterocycles. The third-order valence-corrected chi connectivity index (χ3v) is 4.20. The largest absolute Gasteiger partial charge is 0.255 e. The molecule has 20 heavy (non-hydrogen) atoms. The Balaban J connectivity index is 2.12. The molecule has 0 fully saturated rings. The number of aromatic nitrogens is 1. The Hall–Kier alpha value is -2.19. The van der Waals surface area contributed by atoms with Gasteiger partial charge in [-0.15, -0.1) is 17.9 Å². The number of rotatable bonds is 4.